The van der Waals surface area contributed by atoms with Crippen LogP contribution in [0.25, 0.3) is 22.3 Å². The molecule has 30 heavy (non-hydrogen) atoms. The third-order valence-corrected chi connectivity index (χ3v) is 5.40. The Bertz CT molecular complexity index is 986. The molecule has 4 heteroatoms. The van der Waals surface area contributed by atoms with Crippen LogP contribution in [0.4, 0.5) is 0 Å². The first-order chi connectivity index (χ1) is 14.2. The molecule has 2 N–H and O–H groups in total. The summed E-state index contributed by atoms with van der Waals surface area (Å²) >= 11 is 0. The second kappa shape index (κ2) is 8.54. The third-order valence-electron chi connectivity index (χ3n) is 5.40. The minimum Gasteiger partial charge on any atom is -0.478 e. The van der Waals surface area contributed by atoms with Gasteiger partial charge in [-0.05, 0) is 57.3 Å². The number of benzene rings is 3. The van der Waals surface area contributed by atoms with E-state index in [1.165, 1.54) is 12.1 Å². The number of aromatic carboxylic acids is 2. The van der Waals surface area contributed by atoms with Crippen LogP contribution in [0, 0.1) is 0 Å². The molecule has 0 radical (unpaired) electrons. The molecule has 0 fully saturated rings. The van der Waals surface area contributed by atoms with Crippen LogP contribution >= 0.6 is 0 Å². The van der Waals surface area contributed by atoms with E-state index in [0.717, 1.165) is 11.1 Å². The van der Waals surface area contributed by atoms with E-state index < -0.39 is 11.9 Å². The first kappa shape index (κ1) is 21.3. The average molecular weight is 402 g/mol. The van der Waals surface area contributed by atoms with Crippen molar-refractivity contribution >= 4 is 11.9 Å². The van der Waals surface area contributed by atoms with E-state index in [1.54, 1.807) is 0 Å². The Labute approximate surface area is 176 Å². The third kappa shape index (κ3) is 4.28. The van der Waals surface area contributed by atoms with Gasteiger partial charge in [0, 0.05) is 0 Å². The molecule has 154 valence electrons. The van der Waals surface area contributed by atoms with Crippen LogP contribution in [0.2, 0.25) is 0 Å². The molecule has 0 saturated carbocycles. The molecule has 3 aromatic rings. The lowest BCUT2D eigenvalue weighted by molar-refractivity contribution is 0.0682. The van der Waals surface area contributed by atoms with Crippen molar-refractivity contribution in [1.82, 2.24) is 0 Å². The molecule has 0 bridgehead atoms. The number of carboxylic acids is 2. The molecule has 0 saturated heterocycles. The lowest BCUT2D eigenvalue weighted by Gasteiger charge is -2.15. The van der Waals surface area contributed by atoms with E-state index in [-0.39, 0.29) is 11.1 Å². The fraction of sp³-hybridized carbons (Fsp3) is 0.231. The van der Waals surface area contributed by atoms with Gasteiger partial charge in [0.1, 0.15) is 0 Å². The molecule has 0 spiro atoms. The number of hydrogen-bond acceptors (Lipinski definition) is 2. The van der Waals surface area contributed by atoms with Gasteiger partial charge in [0.25, 0.3) is 0 Å². The van der Waals surface area contributed by atoms with Crippen molar-refractivity contribution in [3.05, 3.63) is 82.9 Å². The number of rotatable bonds is 6. The van der Waals surface area contributed by atoms with Crippen molar-refractivity contribution in [2.24, 2.45) is 0 Å². The zero-order valence-corrected chi connectivity index (χ0v) is 17.6. The Morgan fingerprint density at radius 1 is 0.600 bits per heavy atom. The molecular formula is C26H26O4. The van der Waals surface area contributed by atoms with Crippen molar-refractivity contribution in [2.45, 2.75) is 39.5 Å². The largest absolute Gasteiger partial charge is 0.478 e. The molecule has 4 nitrogen and oxygen atoms in total. The van der Waals surface area contributed by atoms with Gasteiger partial charge in [-0.3, -0.25) is 0 Å². The normalized spacial score (nSPS) is 11.1. The average Bonchev–Trinajstić information content (AvgIpc) is 2.72. The molecule has 3 aromatic carbocycles. The number of carbonyl (C=O) groups is 2. The van der Waals surface area contributed by atoms with Gasteiger partial charge in [0.2, 0.25) is 0 Å². The van der Waals surface area contributed by atoms with Gasteiger partial charge in [-0.1, -0.05) is 76.2 Å². The summed E-state index contributed by atoms with van der Waals surface area (Å²) in [6, 6.07) is 18.1. The summed E-state index contributed by atoms with van der Waals surface area (Å²) in [7, 11) is 0. The summed E-state index contributed by atoms with van der Waals surface area (Å²) in [4.78, 5) is 24.1. The topological polar surface area (TPSA) is 74.6 Å². The predicted molar refractivity (Wildman–Crippen MR) is 119 cm³/mol. The molecule has 0 heterocycles. The highest BCUT2D eigenvalue weighted by molar-refractivity contribution is 6.04. The number of carboxylic acid groups (broad SMARTS) is 2. The minimum atomic E-state index is -1.09. The first-order valence-corrected chi connectivity index (χ1v) is 10.0. The fourth-order valence-electron chi connectivity index (χ4n) is 3.53. The molecule has 0 unspecified atom stereocenters. The van der Waals surface area contributed by atoms with E-state index in [0.29, 0.717) is 34.1 Å². The van der Waals surface area contributed by atoms with E-state index in [2.05, 4.69) is 27.7 Å². The summed E-state index contributed by atoms with van der Waals surface area (Å²) < 4.78 is 0. The summed E-state index contributed by atoms with van der Waals surface area (Å²) in [6.07, 6.45) is 0. The summed E-state index contributed by atoms with van der Waals surface area (Å²) in [5.74, 6) is -1.47. The highest BCUT2D eigenvalue weighted by Crippen LogP contribution is 2.34. The molecule has 0 amide bonds. The fourth-order valence-corrected chi connectivity index (χ4v) is 3.53. The Hall–Kier alpha value is -3.40. The maximum Gasteiger partial charge on any atom is 0.336 e. The Morgan fingerprint density at radius 2 is 0.900 bits per heavy atom. The van der Waals surface area contributed by atoms with Crippen molar-refractivity contribution in [3.8, 4) is 22.3 Å². The van der Waals surface area contributed by atoms with Crippen LogP contribution in [0.1, 0.15) is 71.4 Å². The highest BCUT2D eigenvalue weighted by Gasteiger charge is 2.21. The molecule has 0 aromatic heterocycles. The van der Waals surface area contributed by atoms with Crippen LogP contribution in [0.3, 0.4) is 0 Å². The maximum atomic E-state index is 12.0. The molecule has 0 aliphatic rings. The zero-order valence-electron chi connectivity index (χ0n) is 17.6. The van der Waals surface area contributed by atoms with Gasteiger partial charge in [-0.25, -0.2) is 9.59 Å². The predicted octanol–water partition coefficient (Wildman–Crippen LogP) is 6.66. The lowest BCUT2D eigenvalue weighted by atomic mass is 9.89. The van der Waals surface area contributed by atoms with Crippen LogP contribution in [0.5, 0.6) is 0 Å². The second-order valence-electron chi connectivity index (χ2n) is 8.11. The molecule has 0 aliphatic carbocycles. The molecule has 3 rings (SSSR count). The van der Waals surface area contributed by atoms with Crippen molar-refractivity contribution in [3.63, 3.8) is 0 Å². The Morgan fingerprint density at radius 3 is 1.13 bits per heavy atom. The number of hydrogen-bond donors (Lipinski definition) is 2. The van der Waals surface area contributed by atoms with Crippen molar-refractivity contribution in [1.29, 1.82) is 0 Å². The van der Waals surface area contributed by atoms with E-state index >= 15 is 0 Å². The van der Waals surface area contributed by atoms with Gasteiger partial charge < -0.3 is 10.2 Å². The van der Waals surface area contributed by atoms with Crippen LogP contribution in [-0.2, 0) is 0 Å². The summed E-state index contributed by atoms with van der Waals surface area (Å²) in [5.41, 5.74) is 4.60. The molecule has 0 atom stereocenters. The maximum absolute atomic E-state index is 12.0. The van der Waals surface area contributed by atoms with Gasteiger partial charge in [-0.15, -0.1) is 0 Å². The van der Waals surface area contributed by atoms with Gasteiger partial charge in [-0.2, -0.15) is 0 Å². The standard InChI is InChI=1S/C26H26O4/c1-15(2)17-5-9-19(10-6-17)21-13-24(26(29)30)22(14-23(21)25(27)28)20-11-7-18(8-12-20)16(3)4/h5-16H,1-4H3,(H,27,28)(H,29,30). The van der Waals surface area contributed by atoms with Crippen molar-refractivity contribution < 1.29 is 19.8 Å². The smallest absolute Gasteiger partial charge is 0.336 e. The molecular weight excluding hydrogens is 376 g/mol. The minimum absolute atomic E-state index is 0.0835. The SMILES string of the molecule is CC(C)c1ccc(-c2cc(C(=O)O)c(-c3ccc(C(C)C)cc3)cc2C(=O)O)cc1. The summed E-state index contributed by atoms with van der Waals surface area (Å²) in [6.45, 7) is 8.33. The van der Waals surface area contributed by atoms with E-state index in [1.807, 2.05) is 48.5 Å². The Kier molecular flexibility index (Phi) is 6.06. The Balaban J connectivity index is 2.19. The monoisotopic (exact) mass is 402 g/mol. The van der Waals surface area contributed by atoms with E-state index in [4.69, 9.17) is 0 Å². The van der Waals surface area contributed by atoms with Gasteiger partial charge in [0.05, 0.1) is 11.1 Å². The van der Waals surface area contributed by atoms with Crippen LogP contribution < -0.4 is 0 Å². The highest BCUT2D eigenvalue weighted by atomic mass is 16.4. The molecule has 0 aliphatic heterocycles. The summed E-state index contributed by atoms with van der Waals surface area (Å²) in [5, 5.41) is 19.7. The van der Waals surface area contributed by atoms with Crippen molar-refractivity contribution in [2.75, 3.05) is 0 Å². The van der Waals surface area contributed by atoms with E-state index in [9.17, 15) is 19.8 Å². The van der Waals surface area contributed by atoms with Crippen LogP contribution in [-0.4, -0.2) is 22.2 Å². The second-order valence-corrected chi connectivity index (χ2v) is 8.11. The zero-order chi connectivity index (χ0) is 22.0. The van der Waals surface area contributed by atoms with Crippen LogP contribution in [0.15, 0.2) is 60.7 Å². The lowest BCUT2D eigenvalue weighted by Crippen LogP contribution is -2.06. The van der Waals surface area contributed by atoms with Gasteiger partial charge >= 0.3 is 11.9 Å². The van der Waals surface area contributed by atoms with Gasteiger partial charge in [0.15, 0.2) is 0 Å². The quantitative estimate of drug-likeness (QED) is 0.483. The first-order valence-electron chi connectivity index (χ1n) is 10.0.